The van der Waals surface area contributed by atoms with E-state index < -0.39 is 6.23 Å². The van der Waals surface area contributed by atoms with Crippen molar-refractivity contribution >= 4 is 34.7 Å². The fraction of sp³-hybridized carbons (Fsp3) is 0.333. The summed E-state index contributed by atoms with van der Waals surface area (Å²) in [6.07, 6.45) is 1.97. The van der Waals surface area contributed by atoms with Crippen LogP contribution in [0, 0.1) is 0 Å². The summed E-state index contributed by atoms with van der Waals surface area (Å²) in [7, 11) is 0. The van der Waals surface area contributed by atoms with E-state index in [-0.39, 0.29) is 5.91 Å². The van der Waals surface area contributed by atoms with Crippen LogP contribution in [-0.2, 0) is 4.79 Å². The number of aromatic nitrogens is 3. The number of rotatable bonds is 6. The van der Waals surface area contributed by atoms with Gasteiger partial charge < -0.3 is 4.74 Å². The number of ether oxygens (including phenoxy) is 1. The third-order valence-electron chi connectivity index (χ3n) is 4.64. The number of amides is 1. The van der Waals surface area contributed by atoms with Gasteiger partial charge in [-0.15, -0.1) is 10.2 Å². The third-order valence-corrected chi connectivity index (χ3v) is 6.27. The molecule has 29 heavy (non-hydrogen) atoms. The first-order chi connectivity index (χ1) is 14.2. The molecule has 0 unspecified atom stereocenters. The van der Waals surface area contributed by atoms with Crippen LogP contribution in [0.5, 0.6) is 5.88 Å². The molecule has 0 saturated carbocycles. The molecule has 3 heterocycles. The molecule has 0 saturated heterocycles. The van der Waals surface area contributed by atoms with E-state index in [9.17, 15) is 4.79 Å². The van der Waals surface area contributed by atoms with Crippen molar-refractivity contribution in [3.8, 4) is 17.1 Å². The largest absolute Gasteiger partial charge is 0.447 e. The van der Waals surface area contributed by atoms with Gasteiger partial charge in [-0.1, -0.05) is 50.2 Å². The molecule has 1 atom stereocenters. The predicted molar refractivity (Wildman–Crippen MR) is 116 cm³/mol. The van der Waals surface area contributed by atoms with E-state index in [0.717, 1.165) is 35.4 Å². The molecule has 2 aromatic heterocycles. The maximum absolute atomic E-state index is 13.0. The van der Waals surface area contributed by atoms with E-state index in [1.807, 2.05) is 48.0 Å². The van der Waals surface area contributed by atoms with Crippen LogP contribution in [0.3, 0.4) is 0 Å². The van der Waals surface area contributed by atoms with Crippen LogP contribution in [0.4, 0.5) is 5.69 Å². The summed E-state index contributed by atoms with van der Waals surface area (Å²) in [4.78, 5) is 19.3. The molecule has 0 aliphatic carbocycles. The van der Waals surface area contributed by atoms with Crippen molar-refractivity contribution in [2.24, 2.45) is 0 Å². The molecule has 0 bridgehead atoms. The minimum absolute atomic E-state index is 0.0213. The number of fused-ring (bicyclic) bond motifs is 3. The molecule has 0 spiro atoms. The van der Waals surface area contributed by atoms with Gasteiger partial charge in [-0.2, -0.15) is 16.3 Å². The molecule has 0 fully saturated rings. The highest BCUT2D eigenvalue weighted by atomic mass is 32.2. The van der Waals surface area contributed by atoms with Gasteiger partial charge in [0, 0.05) is 23.3 Å². The van der Waals surface area contributed by atoms with Crippen LogP contribution in [0.2, 0.25) is 0 Å². The van der Waals surface area contributed by atoms with Gasteiger partial charge in [0.25, 0.3) is 0 Å². The van der Waals surface area contributed by atoms with Gasteiger partial charge >= 0.3 is 0 Å². The Bertz CT molecular complexity index is 994. The Morgan fingerprint density at radius 1 is 1.24 bits per heavy atom. The lowest BCUT2D eigenvalue weighted by molar-refractivity contribution is -0.120. The molecule has 150 valence electrons. The molecule has 1 aromatic carbocycles. The summed E-state index contributed by atoms with van der Waals surface area (Å²) in [5.41, 5.74) is 3.04. The number of para-hydroxylation sites is 1. The fourth-order valence-corrected chi connectivity index (χ4v) is 4.68. The Labute approximate surface area is 178 Å². The summed E-state index contributed by atoms with van der Waals surface area (Å²) >= 11 is 3.14. The predicted octanol–water partition coefficient (Wildman–Crippen LogP) is 5.33. The van der Waals surface area contributed by atoms with Gasteiger partial charge in [0.05, 0.1) is 5.69 Å². The normalized spacial score (nSPS) is 15.2. The number of anilines is 1. The number of thiophene rings is 1. The molecule has 1 aliphatic heterocycles. The smallest absolute Gasteiger partial charge is 0.247 e. The number of thioether (sulfide) groups is 1. The van der Waals surface area contributed by atoms with E-state index in [1.165, 1.54) is 0 Å². The highest BCUT2D eigenvalue weighted by Gasteiger charge is 2.35. The van der Waals surface area contributed by atoms with Gasteiger partial charge in [-0.05, 0) is 29.3 Å². The molecule has 4 rings (SSSR count). The molecule has 6 nitrogen and oxygen atoms in total. The molecule has 8 heteroatoms. The lowest BCUT2D eigenvalue weighted by Crippen LogP contribution is -2.37. The number of nitrogens with zero attached hydrogens (tertiary/aromatic N) is 4. The van der Waals surface area contributed by atoms with Crippen molar-refractivity contribution in [2.75, 3.05) is 10.7 Å². The first-order valence-corrected chi connectivity index (χ1v) is 11.6. The summed E-state index contributed by atoms with van der Waals surface area (Å²) < 4.78 is 6.35. The highest BCUT2D eigenvalue weighted by molar-refractivity contribution is 7.99. The zero-order chi connectivity index (χ0) is 20.2. The molecule has 1 aliphatic rings. The summed E-state index contributed by atoms with van der Waals surface area (Å²) in [6, 6.07) is 9.68. The first-order valence-electron chi connectivity index (χ1n) is 9.70. The number of unbranched alkanes of at least 4 members (excludes halogenated alkanes) is 1. The second kappa shape index (κ2) is 8.92. The minimum atomic E-state index is -0.596. The zero-order valence-corrected chi connectivity index (χ0v) is 18.0. The Kier molecular flexibility index (Phi) is 6.10. The van der Waals surface area contributed by atoms with Crippen molar-refractivity contribution in [1.29, 1.82) is 0 Å². The second-order valence-corrected chi connectivity index (χ2v) is 8.45. The Hall–Kier alpha value is -2.45. The highest BCUT2D eigenvalue weighted by Crippen LogP contribution is 2.43. The number of benzene rings is 1. The fourth-order valence-electron chi connectivity index (χ4n) is 3.15. The van der Waals surface area contributed by atoms with Gasteiger partial charge in [0.2, 0.25) is 23.2 Å². The molecule has 0 N–H and O–H groups in total. The monoisotopic (exact) mass is 426 g/mol. The van der Waals surface area contributed by atoms with Gasteiger partial charge in [-0.3, -0.25) is 9.69 Å². The maximum atomic E-state index is 13.0. The molecule has 3 aromatic rings. The van der Waals surface area contributed by atoms with Crippen LogP contribution < -0.4 is 9.64 Å². The lowest BCUT2D eigenvalue weighted by Gasteiger charge is -2.30. The minimum Gasteiger partial charge on any atom is -0.447 e. The number of hydrogen-bond acceptors (Lipinski definition) is 7. The molecular weight excluding hydrogens is 404 g/mol. The van der Waals surface area contributed by atoms with E-state index in [1.54, 1.807) is 28.0 Å². The Morgan fingerprint density at radius 3 is 2.86 bits per heavy atom. The van der Waals surface area contributed by atoms with Crippen LogP contribution in [0.25, 0.3) is 11.3 Å². The van der Waals surface area contributed by atoms with E-state index >= 15 is 0 Å². The molecule has 1 amide bonds. The standard InChI is InChI=1S/C21H22N4O2S2/c1-3-5-11-29-21-22-19-18(23-24-21)15-8-6-7-9-16(15)25(17(26)4-2)20(27-19)14-10-12-28-13-14/h6-10,12-13,20H,3-5,11H2,1-2H3/t20-/m1/s1. The third kappa shape index (κ3) is 4.00. The number of hydrogen-bond donors (Lipinski definition) is 0. The van der Waals surface area contributed by atoms with Crippen LogP contribution >= 0.6 is 23.1 Å². The van der Waals surface area contributed by atoms with Crippen molar-refractivity contribution in [3.05, 3.63) is 46.7 Å². The quantitative estimate of drug-likeness (QED) is 0.392. The maximum Gasteiger partial charge on any atom is 0.247 e. The van der Waals surface area contributed by atoms with Crippen molar-refractivity contribution < 1.29 is 9.53 Å². The topological polar surface area (TPSA) is 68.2 Å². The van der Waals surface area contributed by atoms with Crippen LogP contribution in [0.1, 0.15) is 44.9 Å². The van der Waals surface area contributed by atoms with E-state index in [2.05, 4.69) is 22.1 Å². The summed E-state index contributed by atoms with van der Waals surface area (Å²) in [6.45, 7) is 4.01. The average Bonchev–Trinajstić information content (AvgIpc) is 3.24. The second-order valence-electron chi connectivity index (χ2n) is 6.61. The Morgan fingerprint density at radius 2 is 2.10 bits per heavy atom. The van der Waals surface area contributed by atoms with Gasteiger partial charge in [-0.25, -0.2) is 0 Å². The van der Waals surface area contributed by atoms with E-state index in [4.69, 9.17) is 4.74 Å². The lowest BCUT2D eigenvalue weighted by atomic mass is 10.1. The first kappa shape index (κ1) is 19.8. The van der Waals surface area contributed by atoms with Crippen molar-refractivity contribution in [2.45, 2.75) is 44.5 Å². The molecule has 0 radical (unpaired) electrons. The summed E-state index contributed by atoms with van der Waals surface area (Å²) in [5.74, 6) is 1.32. The summed E-state index contributed by atoms with van der Waals surface area (Å²) in [5, 5.41) is 13.3. The van der Waals surface area contributed by atoms with Crippen LogP contribution in [-0.4, -0.2) is 26.8 Å². The average molecular weight is 427 g/mol. The number of carbonyl (C=O) groups is 1. The van der Waals surface area contributed by atoms with Crippen molar-refractivity contribution in [3.63, 3.8) is 0 Å². The Balaban J connectivity index is 1.84. The number of carbonyl (C=O) groups excluding carboxylic acids is 1. The van der Waals surface area contributed by atoms with Crippen LogP contribution in [0.15, 0.2) is 46.2 Å². The van der Waals surface area contributed by atoms with Crippen molar-refractivity contribution in [1.82, 2.24) is 15.2 Å². The van der Waals surface area contributed by atoms with Gasteiger partial charge in [0.1, 0.15) is 0 Å². The molecular formula is C21H22N4O2S2. The zero-order valence-electron chi connectivity index (χ0n) is 16.4. The van der Waals surface area contributed by atoms with E-state index in [0.29, 0.717) is 23.2 Å². The SMILES string of the molecule is CCCCSc1nnc2c(n1)O[C@H](c1ccsc1)N(C(=O)CC)c1ccccc1-2. The van der Waals surface area contributed by atoms with Gasteiger partial charge in [0.15, 0.2) is 5.69 Å².